The molecule has 1 unspecified atom stereocenters. The number of carbonyl (C=O) groups excluding carboxylic acids is 1. The zero-order chi connectivity index (χ0) is 20.2. The highest BCUT2D eigenvalue weighted by atomic mass is 35.5. The number of fused-ring (bicyclic) bond motifs is 1. The largest absolute Gasteiger partial charge is 0.395 e. The van der Waals surface area contributed by atoms with Crippen LogP contribution < -0.4 is 5.32 Å². The molecule has 0 radical (unpaired) electrons. The first-order valence-corrected chi connectivity index (χ1v) is 10.7. The van der Waals surface area contributed by atoms with E-state index in [1.165, 1.54) is 11.3 Å². The quantitative estimate of drug-likeness (QED) is 0.626. The van der Waals surface area contributed by atoms with Crippen LogP contribution in [0.1, 0.15) is 26.9 Å². The number of halogens is 1. The van der Waals surface area contributed by atoms with E-state index in [0.717, 1.165) is 39.5 Å². The van der Waals surface area contributed by atoms with Gasteiger partial charge in [0.15, 0.2) is 0 Å². The number of aromatic nitrogens is 1. The molecule has 1 amide bonds. The molecule has 152 valence electrons. The third-order valence-electron chi connectivity index (χ3n) is 4.88. The molecule has 1 fully saturated rings. The summed E-state index contributed by atoms with van der Waals surface area (Å²) in [5, 5.41) is 13.5. The number of carbonyl (C=O) groups is 1. The van der Waals surface area contributed by atoms with Gasteiger partial charge in [-0.25, -0.2) is 4.98 Å². The Morgan fingerprint density at radius 1 is 1.38 bits per heavy atom. The molecule has 1 aliphatic rings. The number of benzene rings is 1. The maximum Gasteiger partial charge on any atom is 0.261 e. The lowest BCUT2D eigenvalue weighted by Gasteiger charge is -2.33. The van der Waals surface area contributed by atoms with Crippen LogP contribution in [0.2, 0.25) is 5.02 Å². The standard InChI is InChI=1S/C21H22ClN3O3S/c22-15-4-1-3-14(11-15)12-25-8-10-28-17(13-25)18-16-5-2-6-24-21(16)29-19(18)20(27)23-7-9-26/h1-6,11,17,26H,7-10,12-13H2,(H,23,27). The van der Waals surface area contributed by atoms with E-state index in [-0.39, 0.29) is 25.2 Å². The fraction of sp³-hybridized carbons (Fsp3) is 0.333. The average molecular weight is 432 g/mol. The topological polar surface area (TPSA) is 74.7 Å². The van der Waals surface area contributed by atoms with Gasteiger partial charge in [0.25, 0.3) is 5.91 Å². The van der Waals surface area contributed by atoms with Crippen LogP contribution in [0.25, 0.3) is 10.2 Å². The second-order valence-corrected chi connectivity index (χ2v) is 8.34. The number of aliphatic hydroxyl groups excluding tert-OH is 1. The number of hydrogen-bond donors (Lipinski definition) is 2. The van der Waals surface area contributed by atoms with Gasteiger partial charge in [-0.15, -0.1) is 11.3 Å². The Balaban J connectivity index is 1.61. The minimum Gasteiger partial charge on any atom is -0.395 e. The normalized spacial score (nSPS) is 17.5. The van der Waals surface area contributed by atoms with E-state index in [4.69, 9.17) is 21.4 Å². The first-order chi connectivity index (χ1) is 14.2. The molecule has 1 saturated heterocycles. The van der Waals surface area contributed by atoms with E-state index in [2.05, 4.69) is 21.3 Å². The third kappa shape index (κ3) is 4.60. The summed E-state index contributed by atoms with van der Waals surface area (Å²) >= 11 is 7.49. The predicted octanol–water partition coefficient (Wildman–Crippen LogP) is 3.25. The molecule has 1 aliphatic heterocycles. The SMILES string of the molecule is O=C(NCCO)c1sc2ncccc2c1C1CN(Cc2cccc(Cl)c2)CCO1. The van der Waals surface area contributed by atoms with E-state index >= 15 is 0 Å². The highest BCUT2D eigenvalue weighted by molar-refractivity contribution is 7.20. The monoisotopic (exact) mass is 431 g/mol. The minimum atomic E-state index is -0.226. The summed E-state index contributed by atoms with van der Waals surface area (Å²) in [7, 11) is 0. The van der Waals surface area contributed by atoms with Crippen molar-refractivity contribution in [3.63, 3.8) is 0 Å². The van der Waals surface area contributed by atoms with Crippen molar-refractivity contribution in [2.45, 2.75) is 12.6 Å². The second kappa shape index (κ2) is 9.19. The van der Waals surface area contributed by atoms with Crippen LogP contribution >= 0.6 is 22.9 Å². The predicted molar refractivity (Wildman–Crippen MR) is 114 cm³/mol. The molecule has 0 bridgehead atoms. The number of nitrogens with zero attached hydrogens (tertiary/aromatic N) is 2. The van der Waals surface area contributed by atoms with Crippen molar-refractivity contribution < 1.29 is 14.6 Å². The molecule has 8 heteroatoms. The number of morpholine rings is 1. The Labute approximate surface area is 178 Å². The number of amides is 1. The van der Waals surface area contributed by atoms with Crippen LogP contribution in [0.5, 0.6) is 0 Å². The van der Waals surface area contributed by atoms with Gasteiger partial charge in [-0.2, -0.15) is 0 Å². The molecule has 3 heterocycles. The summed E-state index contributed by atoms with van der Waals surface area (Å²) in [4.78, 5) is 20.9. The van der Waals surface area contributed by atoms with E-state index in [1.54, 1.807) is 6.20 Å². The maximum absolute atomic E-state index is 12.7. The summed E-state index contributed by atoms with van der Waals surface area (Å²) in [6, 6.07) is 11.7. The Morgan fingerprint density at radius 3 is 3.10 bits per heavy atom. The van der Waals surface area contributed by atoms with Crippen LogP contribution in [-0.2, 0) is 11.3 Å². The molecule has 1 atom stereocenters. The summed E-state index contributed by atoms with van der Waals surface area (Å²) in [6.07, 6.45) is 1.50. The number of nitrogens with one attached hydrogen (secondary N) is 1. The van der Waals surface area contributed by atoms with Gasteiger partial charge in [-0.3, -0.25) is 9.69 Å². The van der Waals surface area contributed by atoms with Crippen molar-refractivity contribution in [2.24, 2.45) is 0 Å². The van der Waals surface area contributed by atoms with Gasteiger partial charge < -0.3 is 15.2 Å². The van der Waals surface area contributed by atoms with Crippen molar-refractivity contribution in [1.29, 1.82) is 0 Å². The van der Waals surface area contributed by atoms with Gasteiger partial charge in [0.05, 0.1) is 19.3 Å². The smallest absolute Gasteiger partial charge is 0.261 e. The lowest BCUT2D eigenvalue weighted by molar-refractivity contribution is -0.0323. The lowest BCUT2D eigenvalue weighted by Crippen LogP contribution is -2.38. The number of ether oxygens (including phenoxy) is 1. The van der Waals surface area contributed by atoms with Crippen LogP contribution in [0, 0.1) is 0 Å². The summed E-state index contributed by atoms with van der Waals surface area (Å²) < 4.78 is 6.10. The van der Waals surface area contributed by atoms with Gasteiger partial charge in [0.2, 0.25) is 0 Å². The van der Waals surface area contributed by atoms with Crippen molar-refractivity contribution in [2.75, 3.05) is 32.8 Å². The van der Waals surface area contributed by atoms with Gasteiger partial charge in [-0.05, 0) is 23.8 Å². The Hall–Kier alpha value is -2.03. The van der Waals surface area contributed by atoms with Gasteiger partial charge in [0.1, 0.15) is 9.71 Å². The number of pyridine rings is 1. The highest BCUT2D eigenvalue weighted by Gasteiger charge is 2.30. The fourth-order valence-corrected chi connectivity index (χ4v) is 4.93. The Kier molecular flexibility index (Phi) is 6.42. The van der Waals surface area contributed by atoms with Crippen LogP contribution in [0.3, 0.4) is 0 Å². The maximum atomic E-state index is 12.7. The van der Waals surface area contributed by atoms with Crippen molar-refractivity contribution in [3.8, 4) is 0 Å². The van der Waals surface area contributed by atoms with E-state index in [1.807, 2.05) is 30.3 Å². The Bertz CT molecular complexity index is 1010. The Morgan fingerprint density at radius 2 is 2.28 bits per heavy atom. The molecular formula is C21H22ClN3O3S. The second-order valence-electron chi connectivity index (χ2n) is 6.90. The van der Waals surface area contributed by atoms with E-state index < -0.39 is 0 Å². The minimum absolute atomic E-state index is 0.0996. The summed E-state index contributed by atoms with van der Waals surface area (Å²) in [6.45, 7) is 2.96. The molecule has 0 saturated carbocycles. The number of hydrogen-bond acceptors (Lipinski definition) is 6. The molecule has 2 N–H and O–H groups in total. The van der Waals surface area contributed by atoms with Crippen molar-refractivity contribution >= 4 is 39.1 Å². The lowest BCUT2D eigenvalue weighted by atomic mass is 10.0. The van der Waals surface area contributed by atoms with Crippen LogP contribution in [0.4, 0.5) is 0 Å². The molecule has 29 heavy (non-hydrogen) atoms. The molecule has 6 nitrogen and oxygen atoms in total. The summed E-state index contributed by atoms with van der Waals surface area (Å²) in [5.74, 6) is -0.201. The van der Waals surface area contributed by atoms with Crippen LogP contribution in [0.15, 0.2) is 42.6 Å². The first-order valence-electron chi connectivity index (χ1n) is 9.50. The molecule has 0 spiro atoms. The number of aliphatic hydroxyl groups is 1. The van der Waals surface area contributed by atoms with Crippen molar-refractivity contribution in [3.05, 3.63) is 63.6 Å². The number of thiophene rings is 1. The molecule has 1 aromatic carbocycles. The zero-order valence-electron chi connectivity index (χ0n) is 15.8. The third-order valence-corrected chi connectivity index (χ3v) is 6.24. The van der Waals surface area contributed by atoms with E-state index in [9.17, 15) is 4.79 Å². The van der Waals surface area contributed by atoms with Gasteiger partial charge in [-0.1, -0.05) is 29.8 Å². The molecular weight excluding hydrogens is 410 g/mol. The molecule has 3 aromatic rings. The molecule has 2 aromatic heterocycles. The highest BCUT2D eigenvalue weighted by Crippen LogP contribution is 2.37. The van der Waals surface area contributed by atoms with Crippen molar-refractivity contribution in [1.82, 2.24) is 15.2 Å². The molecule has 4 rings (SSSR count). The van der Waals surface area contributed by atoms with Gasteiger partial charge in [0, 0.05) is 48.3 Å². The zero-order valence-corrected chi connectivity index (χ0v) is 17.4. The average Bonchev–Trinajstić information content (AvgIpc) is 3.12. The van der Waals surface area contributed by atoms with E-state index in [0.29, 0.717) is 18.0 Å². The first kappa shape index (κ1) is 20.3. The van der Waals surface area contributed by atoms with Crippen LogP contribution in [-0.4, -0.2) is 53.7 Å². The van der Waals surface area contributed by atoms with Gasteiger partial charge >= 0.3 is 0 Å². The fourth-order valence-electron chi connectivity index (χ4n) is 3.60. The number of rotatable bonds is 6. The summed E-state index contributed by atoms with van der Waals surface area (Å²) in [5.41, 5.74) is 2.03. The molecule has 0 aliphatic carbocycles.